The molecule has 1 heterocycles. The molecule has 1 aliphatic heterocycles. The number of benzene rings is 1. The van der Waals surface area contributed by atoms with E-state index in [-0.39, 0.29) is 11.8 Å². The summed E-state index contributed by atoms with van der Waals surface area (Å²) >= 11 is 0. The lowest BCUT2D eigenvalue weighted by Gasteiger charge is -2.18. The van der Waals surface area contributed by atoms with Crippen LogP contribution in [0.5, 0.6) is 0 Å². The highest BCUT2D eigenvalue weighted by molar-refractivity contribution is 5.95. The first-order valence-corrected chi connectivity index (χ1v) is 6.93. The first kappa shape index (κ1) is 13.9. The van der Waals surface area contributed by atoms with Crippen LogP contribution in [0.2, 0.25) is 0 Å². The molecule has 2 unspecified atom stereocenters. The number of nitrogens with two attached hydrogens (primary N) is 1. The standard InChI is InChI=1S/C15H23N3O/c1-4-10(2)14(16)15(19)17-12-6-5-11-7-8-18(3)13(11)9-12/h5-6,9-10,14H,4,7-8,16H2,1-3H3,(H,17,19). The predicted molar refractivity (Wildman–Crippen MR) is 79.5 cm³/mol. The molecule has 0 saturated carbocycles. The van der Waals surface area contributed by atoms with Crippen molar-refractivity contribution in [2.45, 2.75) is 32.7 Å². The normalized spacial score (nSPS) is 16.9. The van der Waals surface area contributed by atoms with Gasteiger partial charge in [-0.1, -0.05) is 26.3 Å². The third-order valence-electron chi connectivity index (χ3n) is 4.04. The molecular weight excluding hydrogens is 238 g/mol. The third kappa shape index (κ3) is 2.89. The lowest BCUT2D eigenvalue weighted by molar-refractivity contribution is -0.118. The van der Waals surface area contributed by atoms with Crippen molar-refractivity contribution < 1.29 is 4.79 Å². The minimum Gasteiger partial charge on any atom is -0.374 e. The number of fused-ring (bicyclic) bond motifs is 1. The topological polar surface area (TPSA) is 58.4 Å². The van der Waals surface area contributed by atoms with Gasteiger partial charge >= 0.3 is 0 Å². The molecule has 1 aromatic carbocycles. The number of carbonyl (C=O) groups is 1. The van der Waals surface area contributed by atoms with E-state index in [4.69, 9.17) is 5.73 Å². The summed E-state index contributed by atoms with van der Waals surface area (Å²) in [5.41, 5.74) is 9.31. The SMILES string of the molecule is CCC(C)C(N)C(=O)Nc1ccc2c(c1)N(C)CC2. The predicted octanol–water partition coefficient (Wildman–Crippen LogP) is 1.99. The molecule has 0 radical (unpaired) electrons. The van der Waals surface area contributed by atoms with Crippen molar-refractivity contribution in [1.82, 2.24) is 0 Å². The summed E-state index contributed by atoms with van der Waals surface area (Å²) in [5.74, 6) is 0.0899. The van der Waals surface area contributed by atoms with E-state index in [2.05, 4.69) is 23.3 Å². The fraction of sp³-hybridized carbons (Fsp3) is 0.533. The van der Waals surface area contributed by atoms with Crippen LogP contribution in [-0.4, -0.2) is 25.5 Å². The molecule has 4 nitrogen and oxygen atoms in total. The van der Waals surface area contributed by atoms with Crippen LogP contribution in [0.25, 0.3) is 0 Å². The number of hydrogen-bond donors (Lipinski definition) is 2. The van der Waals surface area contributed by atoms with Gasteiger partial charge in [0, 0.05) is 25.0 Å². The molecule has 1 amide bonds. The summed E-state index contributed by atoms with van der Waals surface area (Å²) in [5, 5.41) is 2.92. The molecule has 0 bridgehead atoms. The second-order valence-corrected chi connectivity index (χ2v) is 5.42. The van der Waals surface area contributed by atoms with Crippen LogP contribution in [0.4, 0.5) is 11.4 Å². The second kappa shape index (κ2) is 5.61. The van der Waals surface area contributed by atoms with Gasteiger partial charge in [-0.05, 0) is 30.0 Å². The van der Waals surface area contributed by atoms with Crippen LogP contribution >= 0.6 is 0 Å². The van der Waals surface area contributed by atoms with E-state index in [1.54, 1.807) is 0 Å². The molecule has 0 aromatic heterocycles. The zero-order valence-corrected chi connectivity index (χ0v) is 11.9. The Bertz CT molecular complexity index is 472. The number of likely N-dealkylation sites (N-methyl/N-ethyl adjacent to an activating group) is 1. The third-order valence-corrected chi connectivity index (χ3v) is 4.04. The molecule has 2 atom stereocenters. The first-order valence-electron chi connectivity index (χ1n) is 6.93. The molecule has 19 heavy (non-hydrogen) atoms. The molecule has 1 aromatic rings. The summed E-state index contributed by atoms with van der Waals surface area (Å²) in [6, 6.07) is 5.63. The van der Waals surface area contributed by atoms with Gasteiger partial charge in [0.05, 0.1) is 6.04 Å². The highest BCUT2D eigenvalue weighted by Crippen LogP contribution is 2.29. The number of amides is 1. The van der Waals surface area contributed by atoms with Gasteiger partial charge in [-0.25, -0.2) is 0 Å². The van der Waals surface area contributed by atoms with Gasteiger partial charge in [0.1, 0.15) is 0 Å². The van der Waals surface area contributed by atoms with Gasteiger partial charge in [-0.3, -0.25) is 4.79 Å². The number of nitrogens with zero attached hydrogens (tertiary/aromatic N) is 1. The van der Waals surface area contributed by atoms with E-state index >= 15 is 0 Å². The molecule has 2 rings (SSSR count). The van der Waals surface area contributed by atoms with E-state index in [1.807, 2.05) is 26.0 Å². The molecular formula is C15H23N3O. The van der Waals surface area contributed by atoms with Gasteiger partial charge in [0.25, 0.3) is 0 Å². The maximum Gasteiger partial charge on any atom is 0.241 e. The lowest BCUT2D eigenvalue weighted by atomic mass is 9.99. The van der Waals surface area contributed by atoms with Gasteiger partial charge in [0.2, 0.25) is 5.91 Å². The fourth-order valence-electron chi connectivity index (χ4n) is 2.35. The number of rotatable bonds is 4. The van der Waals surface area contributed by atoms with Crippen LogP contribution in [-0.2, 0) is 11.2 Å². The largest absolute Gasteiger partial charge is 0.374 e. The van der Waals surface area contributed by atoms with Gasteiger partial charge in [0.15, 0.2) is 0 Å². The van der Waals surface area contributed by atoms with Crippen molar-refractivity contribution in [2.75, 3.05) is 23.8 Å². The highest BCUT2D eigenvalue weighted by Gasteiger charge is 2.21. The molecule has 0 spiro atoms. The number of nitrogens with one attached hydrogen (secondary N) is 1. The Morgan fingerprint density at radius 3 is 2.95 bits per heavy atom. The maximum absolute atomic E-state index is 12.0. The summed E-state index contributed by atoms with van der Waals surface area (Å²) in [6.45, 7) is 5.09. The molecule has 0 saturated heterocycles. The van der Waals surface area contributed by atoms with Crippen molar-refractivity contribution in [3.05, 3.63) is 23.8 Å². The Morgan fingerprint density at radius 1 is 1.53 bits per heavy atom. The van der Waals surface area contributed by atoms with Crippen molar-refractivity contribution in [3.63, 3.8) is 0 Å². The monoisotopic (exact) mass is 261 g/mol. The van der Waals surface area contributed by atoms with Crippen LogP contribution < -0.4 is 16.0 Å². The Balaban J connectivity index is 2.08. The smallest absolute Gasteiger partial charge is 0.241 e. The van der Waals surface area contributed by atoms with Crippen LogP contribution in [0.3, 0.4) is 0 Å². The second-order valence-electron chi connectivity index (χ2n) is 5.42. The zero-order chi connectivity index (χ0) is 14.0. The zero-order valence-electron chi connectivity index (χ0n) is 11.9. The molecule has 0 fully saturated rings. The van der Waals surface area contributed by atoms with E-state index in [9.17, 15) is 4.79 Å². The fourth-order valence-corrected chi connectivity index (χ4v) is 2.35. The van der Waals surface area contributed by atoms with E-state index in [0.717, 1.165) is 25.1 Å². The molecule has 0 aliphatic carbocycles. The highest BCUT2D eigenvalue weighted by atomic mass is 16.2. The average molecular weight is 261 g/mol. The van der Waals surface area contributed by atoms with Crippen molar-refractivity contribution in [3.8, 4) is 0 Å². The van der Waals surface area contributed by atoms with Crippen LogP contribution in [0.1, 0.15) is 25.8 Å². The number of hydrogen-bond acceptors (Lipinski definition) is 3. The van der Waals surface area contributed by atoms with E-state index < -0.39 is 6.04 Å². The van der Waals surface area contributed by atoms with Crippen molar-refractivity contribution >= 4 is 17.3 Å². The van der Waals surface area contributed by atoms with Gasteiger partial charge in [-0.2, -0.15) is 0 Å². The summed E-state index contributed by atoms with van der Waals surface area (Å²) in [7, 11) is 2.07. The Labute approximate surface area is 115 Å². The number of carbonyl (C=O) groups excluding carboxylic acids is 1. The summed E-state index contributed by atoms with van der Waals surface area (Å²) < 4.78 is 0. The Kier molecular flexibility index (Phi) is 4.10. The van der Waals surface area contributed by atoms with E-state index in [1.165, 1.54) is 11.3 Å². The van der Waals surface area contributed by atoms with E-state index in [0.29, 0.717) is 0 Å². The quantitative estimate of drug-likeness (QED) is 0.871. The molecule has 1 aliphatic rings. The maximum atomic E-state index is 12.0. The molecule has 104 valence electrons. The van der Waals surface area contributed by atoms with Crippen LogP contribution in [0.15, 0.2) is 18.2 Å². The van der Waals surface area contributed by atoms with Gasteiger partial charge < -0.3 is 16.0 Å². The Hall–Kier alpha value is -1.55. The molecule has 3 N–H and O–H groups in total. The minimum atomic E-state index is -0.448. The summed E-state index contributed by atoms with van der Waals surface area (Å²) in [4.78, 5) is 14.3. The lowest BCUT2D eigenvalue weighted by Crippen LogP contribution is -2.40. The van der Waals surface area contributed by atoms with Crippen LogP contribution in [0, 0.1) is 5.92 Å². The number of anilines is 2. The average Bonchev–Trinajstić information content (AvgIpc) is 2.78. The Morgan fingerprint density at radius 2 is 2.26 bits per heavy atom. The van der Waals surface area contributed by atoms with Crippen molar-refractivity contribution in [2.24, 2.45) is 11.7 Å². The molecule has 4 heteroatoms. The van der Waals surface area contributed by atoms with Gasteiger partial charge in [-0.15, -0.1) is 0 Å². The first-order chi connectivity index (χ1) is 9.02. The minimum absolute atomic E-state index is 0.102. The van der Waals surface area contributed by atoms with Crippen molar-refractivity contribution in [1.29, 1.82) is 0 Å². The summed E-state index contributed by atoms with van der Waals surface area (Å²) in [6.07, 6.45) is 1.98.